The molecule has 6 nitrogen and oxygen atoms in total. The molecule has 38 heavy (non-hydrogen) atoms. The van der Waals surface area contributed by atoms with Crippen molar-refractivity contribution in [3.05, 3.63) is 77.4 Å². The van der Waals surface area contributed by atoms with Gasteiger partial charge >= 0.3 is 11.9 Å². The van der Waals surface area contributed by atoms with Gasteiger partial charge in [0.25, 0.3) is 0 Å². The van der Waals surface area contributed by atoms with Crippen LogP contribution in [0, 0.1) is 17.3 Å². The van der Waals surface area contributed by atoms with Crippen LogP contribution in [0.25, 0.3) is 0 Å². The van der Waals surface area contributed by atoms with E-state index in [1.54, 1.807) is 0 Å². The van der Waals surface area contributed by atoms with E-state index in [4.69, 9.17) is 9.47 Å². The molecule has 3 aliphatic carbocycles. The summed E-state index contributed by atoms with van der Waals surface area (Å²) < 4.78 is 12.3. The van der Waals surface area contributed by atoms with Crippen molar-refractivity contribution in [1.29, 1.82) is 0 Å². The largest absolute Gasteiger partial charge is 0.458 e. The van der Waals surface area contributed by atoms with Crippen LogP contribution < -0.4 is 4.74 Å². The van der Waals surface area contributed by atoms with Gasteiger partial charge < -0.3 is 19.3 Å². The molecule has 0 radical (unpaired) electrons. The second kappa shape index (κ2) is 9.79. The molecule has 1 aromatic rings. The Balaban J connectivity index is 1.21. The summed E-state index contributed by atoms with van der Waals surface area (Å²) in [7, 11) is 3.86. The van der Waals surface area contributed by atoms with Gasteiger partial charge in [-0.05, 0) is 80.3 Å². The summed E-state index contributed by atoms with van der Waals surface area (Å²) >= 11 is 0. The maximum absolute atomic E-state index is 13.1. The molecule has 2 saturated carbocycles. The molecule has 0 unspecified atom stereocenters. The van der Waals surface area contributed by atoms with Crippen LogP contribution in [0.2, 0.25) is 0 Å². The summed E-state index contributed by atoms with van der Waals surface area (Å²) in [6.45, 7) is 2.35. The molecular weight excluding hydrogens is 476 g/mol. The van der Waals surface area contributed by atoms with Crippen molar-refractivity contribution in [3.8, 4) is 5.75 Å². The Hall–Kier alpha value is -3.28. The molecule has 6 rings (SSSR count). The molecule has 0 aromatic heterocycles. The highest BCUT2D eigenvalue weighted by molar-refractivity contribution is 5.91. The van der Waals surface area contributed by atoms with Crippen LogP contribution >= 0.6 is 0 Å². The van der Waals surface area contributed by atoms with Crippen molar-refractivity contribution < 1.29 is 19.1 Å². The van der Waals surface area contributed by atoms with Crippen molar-refractivity contribution in [1.82, 2.24) is 9.80 Å². The fraction of sp³-hybridized carbons (Fsp3) is 0.500. The van der Waals surface area contributed by atoms with Gasteiger partial charge in [0.2, 0.25) is 0 Å². The summed E-state index contributed by atoms with van der Waals surface area (Å²) in [5.41, 5.74) is 3.94. The summed E-state index contributed by atoms with van der Waals surface area (Å²) in [6.07, 6.45) is 19.0. The highest BCUT2D eigenvalue weighted by atomic mass is 16.5. The first-order valence-electron chi connectivity index (χ1n) is 14.1. The maximum atomic E-state index is 13.1. The minimum absolute atomic E-state index is 0.0131. The standard InChI is InChI=1S/C32H38N2O4/c1-32-16-15-25-24(26(32)13-14-28(32)38-31(36)23-9-6-18-34(3)20-23)12-11-21-7-4-10-27(29(21)25)37-30(35)22-8-5-17-33(2)19-22/h4-7,10,17-20,24-26,28H,8-9,11-16H2,1-3H3/t24-,25+,26+,28+,32+/m1/s1. The first kappa shape index (κ1) is 25.0. The fourth-order valence-electron chi connectivity index (χ4n) is 7.85. The quantitative estimate of drug-likeness (QED) is 0.372. The van der Waals surface area contributed by atoms with Crippen molar-refractivity contribution in [2.45, 2.75) is 70.3 Å². The third kappa shape index (κ3) is 4.38. The second-order valence-corrected chi connectivity index (χ2v) is 12.0. The SMILES string of the molecule is CN1C=CCC(C(=O)Oc2cccc3c2[C@H]2CC[C@]4(C)[C@@H](OC(=O)C5=CN(C)C=CC5)CC[C@H]4[C@@H]2CC3)=C1. The van der Waals surface area contributed by atoms with Gasteiger partial charge in [-0.15, -0.1) is 0 Å². The number of hydrogen-bond donors (Lipinski definition) is 0. The number of benzene rings is 1. The Morgan fingerprint density at radius 2 is 1.63 bits per heavy atom. The van der Waals surface area contributed by atoms with Crippen molar-refractivity contribution in [3.63, 3.8) is 0 Å². The second-order valence-electron chi connectivity index (χ2n) is 12.0. The van der Waals surface area contributed by atoms with E-state index in [1.165, 1.54) is 11.1 Å². The fourth-order valence-corrected chi connectivity index (χ4v) is 7.85. The number of aryl methyl sites for hydroxylation is 1. The summed E-state index contributed by atoms with van der Waals surface area (Å²) in [4.78, 5) is 29.9. The molecular formula is C32H38N2O4. The van der Waals surface area contributed by atoms with Crippen LogP contribution in [0.5, 0.6) is 5.75 Å². The third-order valence-electron chi connectivity index (χ3n) is 9.68. The summed E-state index contributed by atoms with van der Waals surface area (Å²) in [5, 5.41) is 0. The monoisotopic (exact) mass is 514 g/mol. The van der Waals surface area contributed by atoms with E-state index < -0.39 is 0 Å². The first-order chi connectivity index (χ1) is 18.3. The summed E-state index contributed by atoms with van der Waals surface area (Å²) in [5.74, 6) is 1.68. The smallest absolute Gasteiger partial charge is 0.341 e. The van der Waals surface area contributed by atoms with Crippen LogP contribution in [0.15, 0.2) is 66.3 Å². The molecule has 0 spiro atoms. The van der Waals surface area contributed by atoms with Gasteiger partial charge in [-0.3, -0.25) is 0 Å². The van der Waals surface area contributed by atoms with E-state index in [9.17, 15) is 9.59 Å². The van der Waals surface area contributed by atoms with Gasteiger partial charge in [0.15, 0.2) is 0 Å². The lowest BCUT2D eigenvalue weighted by atomic mass is 9.55. The molecule has 2 fully saturated rings. The molecule has 0 saturated heterocycles. The lowest BCUT2D eigenvalue weighted by molar-refractivity contribution is -0.153. The first-order valence-corrected chi connectivity index (χ1v) is 14.1. The molecule has 0 amide bonds. The lowest BCUT2D eigenvalue weighted by Gasteiger charge is -2.50. The highest BCUT2D eigenvalue weighted by Crippen LogP contribution is 2.62. The number of hydrogen-bond acceptors (Lipinski definition) is 6. The zero-order valence-corrected chi connectivity index (χ0v) is 22.7. The van der Waals surface area contributed by atoms with E-state index in [2.05, 4.69) is 13.0 Å². The van der Waals surface area contributed by atoms with Crippen LogP contribution in [-0.2, 0) is 20.7 Å². The van der Waals surface area contributed by atoms with E-state index in [1.807, 2.05) is 73.0 Å². The number of carbonyl (C=O) groups excluding carboxylic acids is 2. The van der Waals surface area contributed by atoms with Crippen molar-refractivity contribution in [2.75, 3.05) is 14.1 Å². The minimum Gasteiger partial charge on any atom is -0.458 e. The number of ether oxygens (including phenoxy) is 2. The van der Waals surface area contributed by atoms with Crippen molar-refractivity contribution >= 4 is 11.9 Å². The number of nitrogens with zero attached hydrogens (tertiary/aromatic N) is 2. The molecule has 6 heteroatoms. The summed E-state index contributed by atoms with van der Waals surface area (Å²) in [6, 6.07) is 6.20. The van der Waals surface area contributed by atoms with Crippen LogP contribution in [-0.4, -0.2) is 41.9 Å². The van der Waals surface area contributed by atoms with E-state index in [-0.39, 0.29) is 23.5 Å². The Morgan fingerprint density at radius 1 is 0.921 bits per heavy atom. The number of carbonyl (C=O) groups is 2. The van der Waals surface area contributed by atoms with Gasteiger partial charge in [-0.25, -0.2) is 9.59 Å². The van der Waals surface area contributed by atoms with Crippen molar-refractivity contribution in [2.24, 2.45) is 17.3 Å². The molecule has 2 aliphatic heterocycles. The van der Waals surface area contributed by atoms with E-state index in [0.717, 1.165) is 49.8 Å². The Morgan fingerprint density at radius 3 is 2.34 bits per heavy atom. The van der Waals surface area contributed by atoms with E-state index >= 15 is 0 Å². The number of rotatable bonds is 4. The highest BCUT2D eigenvalue weighted by Gasteiger charge is 2.56. The zero-order valence-electron chi connectivity index (χ0n) is 22.7. The lowest BCUT2D eigenvalue weighted by Crippen LogP contribution is -2.45. The Bertz CT molecular complexity index is 1260. The molecule has 2 heterocycles. The average molecular weight is 515 g/mol. The normalized spacial score (nSPS) is 31.6. The maximum Gasteiger partial charge on any atom is 0.341 e. The van der Waals surface area contributed by atoms with Gasteiger partial charge in [-0.2, -0.15) is 0 Å². The van der Waals surface area contributed by atoms with Crippen LogP contribution in [0.4, 0.5) is 0 Å². The Kier molecular flexibility index (Phi) is 6.45. The molecule has 5 atom stereocenters. The van der Waals surface area contributed by atoms with Gasteiger partial charge in [0.05, 0.1) is 11.1 Å². The topological polar surface area (TPSA) is 59.1 Å². The van der Waals surface area contributed by atoms with Crippen LogP contribution in [0.1, 0.15) is 68.9 Å². The van der Waals surface area contributed by atoms with Gasteiger partial charge in [0.1, 0.15) is 11.9 Å². The average Bonchev–Trinajstić information content (AvgIpc) is 3.24. The molecule has 1 aromatic carbocycles. The Labute approximate surface area is 225 Å². The predicted molar refractivity (Wildman–Crippen MR) is 146 cm³/mol. The van der Waals surface area contributed by atoms with Gasteiger partial charge in [-0.1, -0.05) is 31.2 Å². The molecule has 0 bridgehead atoms. The third-order valence-corrected chi connectivity index (χ3v) is 9.68. The number of allylic oxidation sites excluding steroid dienone is 2. The molecule has 0 N–H and O–H groups in total. The number of esters is 2. The number of fused-ring (bicyclic) bond motifs is 5. The predicted octanol–water partition coefficient (Wildman–Crippen LogP) is 5.83. The van der Waals surface area contributed by atoms with Crippen LogP contribution in [0.3, 0.4) is 0 Å². The molecule has 200 valence electrons. The van der Waals surface area contributed by atoms with E-state index in [0.29, 0.717) is 36.2 Å². The van der Waals surface area contributed by atoms with Gasteiger partial charge in [0, 0.05) is 50.3 Å². The molecule has 5 aliphatic rings. The zero-order chi connectivity index (χ0) is 26.4. The minimum atomic E-state index is -0.261.